The SMILES string of the molecule is Cc1c(C[C@H](C)N)oc2c(NCc3cccs3)cc(Cl)nc12. The molecule has 3 heterocycles. The normalized spacial score (nSPS) is 12.7. The molecule has 6 heteroatoms. The number of pyridine rings is 1. The van der Waals surface area contributed by atoms with E-state index in [1.54, 1.807) is 17.4 Å². The Labute approximate surface area is 138 Å². The fourth-order valence-corrected chi connectivity index (χ4v) is 3.24. The lowest BCUT2D eigenvalue weighted by Crippen LogP contribution is -2.17. The Balaban J connectivity index is 1.98. The van der Waals surface area contributed by atoms with Crippen molar-refractivity contribution in [2.45, 2.75) is 32.9 Å². The van der Waals surface area contributed by atoms with Gasteiger partial charge in [-0.1, -0.05) is 17.7 Å². The highest BCUT2D eigenvalue weighted by Gasteiger charge is 2.17. The third kappa shape index (κ3) is 3.11. The molecule has 0 amide bonds. The molecule has 22 heavy (non-hydrogen) atoms. The van der Waals surface area contributed by atoms with Crippen LogP contribution in [0.1, 0.15) is 23.1 Å². The Kier molecular flexibility index (Phi) is 4.38. The summed E-state index contributed by atoms with van der Waals surface area (Å²) in [4.78, 5) is 5.65. The minimum atomic E-state index is 0.0391. The van der Waals surface area contributed by atoms with Crippen LogP contribution in [0, 0.1) is 6.92 Å². The molecule has 3 aromatic rings. The van der Waals surface area contributed by atoms with E-state index >= 15 is 0 Å². The number of hydrogen-bond donors (Lipinski definition) is 2. The van der Waals surface area contributed by atoms with Gasteiger partial charge < -0.3 is 15.5 Å². The summed E-state index contributed by atoms with van der Waals surface area (Å²) in [6.45, 7) is 4.69. The Hall–Kier alpha value is -1.56. The van der Waals surface area contributed by atoms with Crippen molar-refractivity contribution in [3.63, 3.8) is 0 Å². The highest BCUT2D eigenvalue weighted by atomic mass is 35.5. The highest BCUT2D eigenvalue weighted by molar-refractivity contribution is 7.09. The number of rotatable bonds is 5. The number of nitrogens with two attached hydrogens (primary N) is 1. The van der Waals surface area contributed by atoms with E-state index in [1.165, 1.54) is 4.88 Å². The summed E-state index contributed by atoms with van der Waals surface area (Å²) >= 11 is 7.87. The maximum Gasteiger partial charge on any atom is 0.176 e. The van der Waals surface area contributed by atoms with E-state index in [0.717, 1.165) is 34.7 Å². The van der Waals surface area contributed by atoms with Crippen LogP contribution in [0.4, 0.5) is 5.69 Å². The maximum atomic E-state index is 6.16. The Morgan fingerprint density at radius 3 is 3.00 bits per heavy atom. The number of aromatic nitrogens is 1. The first-order valence-corrected chi connectivity index (χ1v) is 8.40. The molecule has 3 aromatic heterocycles. The van der Waals surface area contributed by atoms with Crippen LogP contribution in [0.2, 0.25) is 5.15 Å². The molecule has 0 aliphatic carbocycles. The van der Waals surface area contributed by atoms with Crippen molar-refractivity contribution in [1.82, 2.24) is 4.98 Å². The molecule has 0 saturated carbocycles. The van der Waals surface area contributed by atoms with E-state index in [-0.39, 0.29) is 6.04 Å². The van der Waals surface area contributed by atoms with Gasteiger partial charge in [-0.15, -0.1) is 11.3 Å². The van der Waals surface area contributed by atoms with Gasteiger partial charge in [0, 0.05) is 35.5 Å². The van der Waals surface area contributed by atoms with Crippen LogP contribution in [0.3, 0.4) is 0 Å². The van der Waals surface area contributed by atoms with Crippen molar-refractivity contribution in [3.8, 4) is 0 Å². The topological polar surface area (TPSA) is 64.1 Å². The first-order valence-electron chi connectivity index (χ1n) is 7.15. The molecular formula is C16H18ClN3OS. The van der Waals surface area contributed by atoms with Gasteiger partial charge in [0.1, 0.15) is 16.4 Å². The zero-order chi connectivity index (χ0) is 15.7. The lowest BCUT2D eigenvalue weighted by molar-refractivity contribution is 0.522. The molecule has 0 radical (unpaired) electrons. The minimum absolute atomic E-state index is 0.0391. The van der Waals surface area contributed by atoms with Gasteiger partial charge in [0.25, 0.3) is 0 Å². The average molecular weight is 336 g/mol. The summed E-state index contributed by atoms with van der Waals surface area (Å²) in [5.41, 5.74) is 9.30. The quantitative estimate of drug-likeness (QED) is 0.680. The number of fused-ring (bicyclic) bond motifs is 1. The van der Waals surface area contributed by atoms with Gasteiger partial charge >= 0.3 is 0 Å². The van der Waals surface area contributed by atoms with Crippen LogP contribution < -0.4 is 11.1 Å². The van der Waals surface area contributed by atoms with Gasteiger partial charge in [0.2, 0.25) is 0 Å². The van der Waals surface area contributed by atoms with E-state index in [4.69, 9.17) is 21.8 Å². The number of nitrogens with one attached hydrogen (secondary N) is 1. The first-order chi connectivity index (χ1) is 10.5. The second kappa shape index (κ2) is 6.28. The van der Waals surface area contributed by atoms with E-state index in [1.807, 2.05) is 19.9 Å². The molecule has 1 atom stereocenters. The second-order valence-electron chi connectivity index (χ2n) is 5.43. The van der Waals surface area contributed by atoms with E-state index in [2.05, 4.69) is 21.7 Å². The first kappa shape index (κ1) is 15.3. The zero-order valence-corrected chi connectivity index (χ0v) is 14.1. The number of halogens is 1. The van der Waals surface area contributed by atoms with Crippen LogP contribution in [-0.4, -0.2) is 11.0 Å². The highest BCUT2D eigenvalue weighted by Crippen LogP contribution is 2.32. The van der Waals surface area contributed by atoms with Gasteiger partial charge in [-0.05, 0) is 25.3 Å². The van der Waals surface area contributed by atoms with Crippen molar-refractivity contribution in [2.75, 3.05) is 5.32 Å². The molecule has 0 bridgehead atoms. The minimum Gasteiger partial charge on any atom is -0.457 e. The smallest absolute Gasteiger partial charge is 0.176 e. The number of furan rings is 1. The molecular weight excluding hydrogens is 318 g/mol. The molecule has 3 N–H and O–H groups in total. The van der Waals surface area contributed by atoms with Crippen LogP contribution in [0.5, 0.6) is 0 Å². The number of nitrogens with zero attached hydrogens (tertiary/aromatic N) is 1. The van der Waals surface area contributed by atoms with Crippen molar-refractivity contribution in [2.24, 2.45) is 5.73 Å². The van der Waals surface area contributed by atoms with Crippen LogP contribution >= 0.6 is 22.9 Å². The number of anilines is 1. The molecule has 0 saturated heterocycles. The summed E-state index contributed by atoms with van der Waals surface area (Å²) in [5, 5.41) is 5.90. The molecule has 0 aromatic carbocycles. The summed E-state index contributed by atoms with van der Waals surface area (Å²) in [5.74, 6) is 0.874. The van der Waals surface area contributed by atoms with Crippen LogP contribution in [0.25, 0.3) is 11.1 Å². The number of aryl methyl sites for hydroxylation is 1. The second-order valence-corrected chi connectivity index (χ2v) is 6.85. The monoisotopic (exact) mass is 335 g/mol. The lowest BCUT2D eigenvalue weighted by atomic mass is 10.1. The van der Waals surface area contributed by atoms with Crippen LogP contribution in [-0.2, 0) is 13.0 Å². The summed E-state index contributed by atoms with van der Waals surface area (Å²) in [6, 6.07) is 5.97. The summed E-state index contributed by atoms with van der Waals surface area (Å²) in [6.07, 6.45) is 0.685. The standard InChI is InChI=1S/C16H18ClN3OS/c1-9(18)6-13-10(2)15-16(21-13)12(7-14(17)20-15)19-8-11-4-3-5-22-11/h3-5,7,9H,6,8,18H2,1-2H3,(H,19,20)/t9-/m0/s1. The average Bonchev–Trinajstić information content (AvgIpc) is 3.07. The van der Waals surface area contributed by atoms with Crippen molar-refractivity contribution >= 4 is 39.7 Å². The Morgan fingerprint density at radius 1 is 1.50 bits per heavy atom. The molecule has 0 spiro atoms. The predicted molar refractivity (Wildman–Crippen MR) is 92.8 cm³/mol. The maximum absolute atomic E-state index is 6.16. The Morgan fingerprint density at radius 2 is 2.32 bits per heavy atom. The summed E-state index contributed by atoms with van der Waals surface area (Å²) < 4.78 is 6.01. The number of hydrogen-bond acceptors (Lipinski definition) is 5. The van der Waals surface area contributed by atoms with Gasteiger partial charge in [0.05, 0.1) is 5.69 Å². The van der Waals surface area contributed by atoms with E-state index in [0.29, 0.717) is 11.6 Å². The van der Waals surface area contributed by atoms with Crippen molar-refractivity contribution < 1.29 is 4.42 Å². The van der Waals surface area contributed by atoms with E-state index < -0.39 is 0 Å². The third-order valence-corrected chi connectivity index (χ3v) is 4.55. The van der Waals surface area contributed by atoms with Gasteiger partial charge in [-0.25, -0.2) is 4.98 Å². The molecule has 0 aliphatic heterocycles. The van der Waals surface area contributed by atoms with Crippen molar-refractivity contribution in [1.29, 1.82) is 0 Å². The lowest BCUT2D eigenvalue weighted by Gasteiger charge is -2.06. The summed E-state index contributed by atoms with van der Waals surface area (Å²) in [7, 11) is 0. The largest absolute Gasteiger partial charge is 0.457 e. The Bertz CT molecular complexity index is 780. The molecule has 0 unspecified atom stereocenters. The fourth-order valence-electron chi connectivity index (χ4n) is 2.41. The molecule has 0 aliphatic rings. The third-order valence-electron chi connectivity index (χ3n) is 3.48. The van der Waals surface area contributed by atoms with Gasteiger partial charge in [0.15, 0.2) is 5.58 Å². The number of thiophene rings is 1. The van der Waals surface area contributed by atoms with E-state index in [9.17, 15) is 0 Å². The van der Waals surface area contributed by atoms with Gasteiger partial charge in [-0.3, -0.25) is 0 Å². The molecule has 4 nitrogen and oxygen atoms in total. The predicted octanol–water partition coefficient (Wildman–Crippen LogP) is 4.35. The van der Waals surface area contributed by atoms with Gasteiger partial charge in [-0.2, -0.15) is 0 Å². The fraction of sp³-hybridized carbons (Fsp3) is 0.312. The zero-order valence-electron chi connectivity index (χ0n) is 12.5. The molecule has 3 rings (SSSR count). The van der Waals surface area contributed by atoms with Crippen molar-refractivity contribution in [3.05, 3.63) is 44.9 Å². The van der Waals surface area contributed by atoms with Crippen LogP contribution in [0.15, 0.2) is 28.0 Å². The molecule has 116 valence electrons. The molecule has 0 fully saturated rings.